The van der Waals surface area contributed by atoms with E-state index in [4.69, 9.17) is 16.3 Å². The van der Waals surface area contributed by atoms with E-state index in [0.29, 0.717) is 27.0 Å². The smallest absolute Gasteiger partial charge is 0.341 e. The van der Waals surface area contributed by atoms with Crippen LogP contribution in [0.2, 0.25) is 5.02 Å². The van der Waals surface area contributed by atoms with Gasteiger partial charge in [0, 0.05) is 32.6 Å². The van der Waals surface area contributed by atoms with Crippen molar-refractivity contribution < 1.29 is 19.1 Å². The van der Waals surface area contributed by atoms with Crippen molar-refractivity contribution in [2.75, 3.05) is 32.3 Å². The molecule has 0 saturated carbocycles. The van der Waals surface area contributed by atoms with E-state index in [1.54, 1.807) is 21.0 Å². The van der Waals surface area contributed by atoms with Gasteiger partial charge in [0.2, 0.25) is 5.91 Å². The van der Waals surface area contributed by atoms with E-state index in [2.05, 4.69) is 15.5 Å². The number of rotatable bonds is 8. The molecule has 2 amide bonds. The zero-order chi connectivity index (χ0) is 25.0. The van der Waals surface area contributed by atoms with Gasteiger partial charge in [0.1, 0.15) is 10.8 Å². The SMILES string of the molecule is COC(=O)c1c(NC(=O)CSc2nnc(Cc3ccc(Cl)cc3)n2C)sc(C(=O)N(C)C)c1C. The van der Waals surface area contributed by atoms with Crippen LogP contribution in [0.3, 0.4) is 0 Å². The van der Waals surface area contributed by atoms with Gasteiger partial charge in [0.05, 0.1) is 23.3 Å². The van der Waals surface area contributed by atoms with Crippen molar-refractivity contribution in [1.82, 2.24) is 19.7 Å². The second kappa shape index (κ2) is 11.0. The lowest BCUT2D eigenvalue weighted by Crippen LogP contribution is -2.21. The van der Waals surface area contributed by atoms with Crippen LogP contribution in [0.15, 0.2) is 29.4 Å². The number of benzene rings is 1. The quantitative estimate of drug-likeness (QED) is 0.356. The van der Waals surface area contributed by atoms with Gasteiger partial charge in [-0.15, -0.1) is 21.5 Å². The number of esters is 1. The van der Waals surface area contributed by atoms with E-state index in [-0.39, 0.29) is 28.1 Å². The Bertz CT molecular complexity index is 1220. The van der Waals surface area contributed by atoms with Crippen LogP contribution in [0.1, 0.15) is 37.0 Å². The van der Waals surface area contributed by atoms with Gasteiger partial charge < -0.3 is 19.5 Å². The number of halogens is 1. The molecule has 12 heteroatoms. The number of carbonyl (C=O) groups is 3. The Morgan fingerprint density at radius 3 is 2.50 bits per heavy atom. The highest BCUT2D eigenvalue weighted by Crippen LogP contribution is 2.34. The van der Waals surface area contributed by atoms with Crippen LogP contribution in [-0.2, 0) is 23.0 Å². The molecule has 1 aromatic carbocycles. The summed E-state index contributed by atoms with van der Waals surface area (Å²) in [6.45, 7) is 1.66. The molecule has 0 aliphatic rings. The monoisotopic (exact) mass is 521 g/mol. The van der Waals surface area contributed by atoms with Crippen LogP contribution in [0.25, 0.3) is 0 Å². The number of carbonyl (C=O) groups excluding carboxylic acids is 3. The number of amides is 2. The lowest BCUT2D eigenvalue weighted by molar-refractivity contribution is -0.113. The Morgan fingerprint density at radius 1 is 1.21 bits per heavy atom. The van der Waals surface area contributed by atoms with Crippen molar-refractivity contribution in [2.45, 2.75) is 18.5 Å². The molecule has 0 fully saturated rings. The number of hydrogen-bond acceptors (Lipinski definition) is 8. The van der Waals surface area contributed by atoms with Crippen LogP contribution in [0.4, 0.5) is 5.00 Å². The molecule has 0 saturated heterocycles. The Balaban J connectivity index is 1.70. The third-order valence-corrected chi connectivity index (χ3v) is 7.39. The molecule has 180 valence electrons. The minimum absolute atomic E-state index is 0.0431. The van der Waals surface area contributed by atoms with Crippen molar-refractivity contribution in [3.05, 3.63) is 56.7 Å². The average Bonchev–Trinajstić information content (AvgIpc) is 3.31. The topological polar surface area (TPSA) is 106 Å². The zero-order valence-corrected chi connectivity index (χ0v) is 21.7. The first-order valence-electron chi connectivity index (χ1n) is 10.1. The number of methoxy groups -OCH3 is 1. The van der Waals surface area contributed by atoms with Crippen LogP contribution in [-0.4, -0.2) is 64.4 Å². The van der Waals surface area contributed by atoms with Crippen molar-refractivity contribution in [2.24, 2.45) is 7.05 Å². The summed E-state index contributed by atoms with van der Waals surface area (Å²) in [6, 6.07) is 7.49. The van der Waals surface area contributed by atoms with Crippen LogP contribution in [0, 0.1) is 6.92 Å². The Kier molecular flexibility index (Phi) is 8.34. The van der Waals surface area contributed by atoms with E-state index in [0.717, 1.165) is 22.7 Å². The lowest BCUT2D eigenvalue weighted by Gasteiger charge is -2.08. The Labute approximate surface area is 210 Å². The maximum absolute atomic E-state index is 12.7. The normalized spacial score (nSPS) is 10.8. The number of nitrogens with zero attached hydrogens (tertiary/aromatic N) is 4. The van der Waals surface area contributed by atoms with Crippen LogP contribution < -0.4 is 5.32 Å². The first kappa shape index (κ1) is 25.7. The molecule has 2 heterocycles. The molecule has 0 aliphatic heterocycles. The number of anilines is 1. The van der Waals surface area contributed by atoms with Crippen molar-refractivity contribution >= 4 is 57.5 Å². The van der Waals surface area contributed by atoms with Gasteiger partial charge in [-0.1, -0.05) is 35.5 Å². The fraction of sp³-hybridized carbons (Fsp3) is 0.318. The standard InChI is InChI=1S/C22H24ClN5O4S2/c1-12-17(21(31)32-5)19(34-18(12)20(30)27(2)3)24-16(29)11-33-22-26-25-15(28(22)4)10-13-6-8-14(23)9-7-13/h6-9H,10-11H2,1-5H3,(H,24,29). The summed E-state index contributed by atoms with van der Waals surface area (Å²) in [5, 5.41) is 12.7. The molecule has 9 nitrogen and oxygen atoms in total. The number of hydrogen-bond donors (Lipinski definition) is 1. The molecule has 0 aliphatic carbocycles. The highest BCUT2D eigenvalue weighted by atomic mass is 35.5. The number of aromatic nitrogens is 3. The summed E-state index contributed by atoms with van der Waals surface area (Å²) in [7, 11) is 6.33. The summed E-state index contributed by atoms with van der Waals surface area (Å²) in [6.07, 6.45) is 0.576. The van der Waals surface area contributed by atoms with Crippen molar-refractivity contribution in [3.8, 4) is 0 Å². The second-order valence-corrected chi connectivity index (χ2v) is 9.95. The number of ether oxygens (including phenoxy) is 1. The number of thioether (sulfide) groups is 1. The molecule has 0 atom stereocenters. The van der Waals surface area contributed by atoms with Crippen molar-refractivity contribution in [1.29, 1.82) is 0 Å². The van der Waals surface area contributed by atoms with E-state index in [1.165, 1.54) is 23.8 Å². The van der Waals surface area contributed by atoms with Gasteiger partial charge in [-0.25, -0.2) is 4.79 Å². The fourth-order valence-corrected chi connectivity index (χ4v) is 5.15. The molecule has 0 bridgehead atoms. The summed E-state index contributed by atoms with van der Waals surface area (Å²) in [5.41, 5.74) is 1.69. The van der Waals surface area contributed by atoms with Gasteiger partial charge in [-0.2, -0.15) is 0 Å². The number of thiophene rings is 1. The molecular weight excluding hydrogens is 498 g/mol. The molecule has 1 N–H and O–H groups in total. The van der Waals surface area contributed by atoms with Gasteiger partial charge in [0.15, 0.2) is 5.16 Å². The van der Waals surface area contributed by atoms with E-state index in [9.17, 15) is 14.4 Å². The van der Waals surface area contributed by atoms with Gasteiger partial charge in [-0.05, 0) is 30.2 Å². The summed E-state index contributed by atoms with van der Waals surface area (Å²) >= 11 is 8.21. The van der Waals surface area contributed by atoms with Crippen LogP contribution in [0.5, 0.6) is 0 Å². The molecule has 0 unspecified atom stereocenters. The van der Waals surface area contributed by atoms with Crippen molar-refractivity contribution in [3.63, 3.8) is 0 Å². The fourth-order valence-electron chi connectivity index (χ4n) is 3.06. The maximum atomic E-state index is 12.7. The minimum atomic E-state index is -0.616. The second-order valence-electron chi connectivity index (χ2n) is 7.55. The molecular formula is C22H24ClN5O4S2. The highest BCUT2D eigenvalue weighted by molar-refractivity contribution is 7.99. The molecule has 3 rings (SSSR count). The molecule has 0 radical (unpaired) electrons. The summed E-state index contributed by atoms with van der Waals surface area (Å²) in [4.78, 5) is 39.2. The lowest BCUT2D eigenvalue weighted by atomic mass is 10.1. The van der Waals surface area contributed by atoms with E-state index >= 15 is 0 Å². The molecule has 34 heavy (non-hydrogen) atoms. The van der Waals surface area contributed by atoms with Gasteiger partial charge in [0.25, 0.3) is 5.91 Å². The Morgan fingerprint density at radius 2 is 1.88 bits per heavy atom. The highest BCUT2D eigenvalue weighted by Gasteiger charge is 2.27. The first-order valence-corrected chi connectivity index (χ1v) is 12.3. The van der Waals surface area contributed by atoms with E-state index in [1.807, 2.05) is 35.9 Å². The zero-order valence-electron chi connectivity index (χ0n) is 19.3. The number of nitrogens with one attached hydrogen (secondary N) is 1. The Hall–Kier alpha value is -2.89. The van der Waals surface area contributed by atoms with Gasteiger partial charge in [-0.3, -0.25) is 9.59 Å². The predicted octanol–water partition coefficient (Wildman–Crippen LogP) is 3.65. The van der Waals surface area contributed by atoms with Crippen LogP contribution >= 0.6 is 34.7 Å². The van der Waals surface area contributed by atoms with E-state index < -0.39 is 5.97 Å². The largest absolute Gasteiger partial charge is 0.465 e. The molecule has 0 spiro atoms. The predicted molar refractivity (Wildman–Crippen MR) is 133 cm³/mol. The molecule has 2 aromatic heterocycles. The minimum Gasteiger partial charge on any atom is -0.465 e. The molecule has 3 aromatic rings. The average molecular weight is 522 g/mol. The summed E-state index contributed by atoms with van der Waals surface area (Å²) in [5.74, 6) is -0.424. The summed E-state index contributed by atoms with van der Waals surface area (Å²) < 4.78 is 6.68. The first-order chi connectivity index (χ1) is 16.1. The third kappa shape index (κ3) is 5.78. The van der Waals surface area contributed by atoms with Gasteiger partial charge >= 0.3 is 5.97 Å². The third-order valence-electron chi connectivity index (χ3n) is 4.92. The maximum Gasteiger partial charge on any atom is 0.341 e.